The predicted molar refractivity (Wildman–Crippen MR) is 70.9 cm³/mol. The second-order valence-electron chi connectivity index (χ2n) is 5.45. The molecule has 0 bridgehead atoms. The summed E-state index contributed by atoms with van der Waals surface area (Å²) in [5.74, 6) is -3.58. The second kappa shape index (κ2) is 6.51. The van der Waals surface area contributed by atoms with Gasteiger partial charge in [-0.3, -0.25) is 0 Å². The molecule has 0 saturated carbocycles. The van der Waals surface area contributed by atoms with E-state index in [2.05, 4.69) is 5.32 Å². The van der Waals surface area contributed by atoms with Crippen LogP contribution in [0.1, 0.15) is 26.3 Å². The summed E-state index contributed by atoms with van der Waals surface area (Å²) in [5, 5.41) is 11.2. The summed E-state index contributed by atoms with van der Waals surface area (Å²) in [7, 11) is 0. The maximum absolute atomic E-state index is 13.5. The number of carbonyl (C=O) groups is 2. The van der Waals surface area contributed by atoms with Crippen molar-refractivity contribution in [2.24, 2.45) is 0 Å². The third-order valence-corrected chi connectivity index (χ3v) is 2.44. The van der Waals surface area contributed by atoms with E-state index >= 15 is 0 Å². The third-order valence-electron chi connectivity index (χ3n) is 2.44. The van der Waals surface area contributed by atoms with E-state index in [0.717, 1.165) is 6.07 Å². The summed E-state index contributed by atoms with van der Waals surface area (Å²) in [4.78, 5) is 22.7. The highest BCUT2D eigenvalue weighted by Crippen LogP contribution is 2.14. The summed E-state index contributed by atoms with van der Waals surface area (Å²) in [6.07, 6.45) is -1.33. The number of carboxylic acids is 1. The number of ether oxygens (including phenoxy) is 1. The highest BCUT2D eigenvalue weighted by molar-refractivity contribution is 5.80. The summed E-state index contributed by atoms with van der Waals surface area (Å²) >= 11 is 0. The van der Waals surface area contributed by atoms with Crippen LogP contribution in [0.3, 0.4) is 0 Å². The number of hydrogen-bond donors (Lipinski definition) is 2. The third kappa shape index (κ3) is 5.37. The molecule has 0 unspecified atom stereocenters. The van der Waals surface area contributed by atoms with Crippen LogP contribution in [0.4, 0.5) is 13.6 Å². The van der Waals surface area contributed by atoms with Crippen molar-refractivity contribution in [1.82, 2.24) is 5.32 Å². The number of hydrogen-bond acceptors (Lipinski definition) is 3. The lowest BCUT2D eigenvalue weighted by Crippen LogP contribution is -2.44. The number of rotatable bonds is 4. The second-order valence-corrected chi connectivity index (χ2v) is 5.45. The zero-order valence-corrected chi connectivity index (χ0v) is 11.9. The van der Waals surface area contributed by atoms with Gasteiger partial charge in [0.25, 0.3) is 0 Å². The Kier molecular flexibility index (Phi) is 5.23. The van der Waals surface area contributed by atoms with Crippen molar-refractivity contribution in [2.45, 2.75) is 38.8 Å². The number of nitrogens with one attached hydrogen (secondary N) is 1. The zero-order valence-electron chi connectivity index (χ0n) is 11.9. The Balaban J connectivity index is 2.82. The van der Waals surface area contributed by atoms with E-state index in [-0.39, 0.29) is 5.56 Å². The summed E-state index contributed by atoms with van der Waals surface area (Å²) in [6.45, 7) is 4.86. The van der Waals surface area contributed by atoms with Crippen molar-refractivity contribution in [3.63, 3.8) is 0 Å². The van der Waals surface area contributed by atoms with Crippen LogP contribution in [-0.2, 0) is 16.0 Å². The molecule has 5 nitrogen and oxygen atoms in total. The van der Waals surface area contributed by atoms with Crippen LogP contribution in [0.2, 0.25) is 0 Å². The highest BCUT2D eigenvalue weighted by Gasteiger charge is 2.25. The van der Waals surface area contributed by atoms with Gasteiger partial charge in [-0.2, -0.15) is 0 Å². The monoisotopic (exact) mass is 301 g/mol. The normalized spacial score (nSPS) is 12.6. The average Bonchev–Trinajstić information content (AvgIpc) is 2.31. The Morgan fingerprint density at radius 1 is 1.33 bits per heavy atom. The molecule has 0 aliphatic heterocycles. The van der Waals surface area contributed by atoms with Crippen LogP contribution in [0, 0.1) is 11.6 Å². The first kappa shape index (κ1) is 16.9. The minimum absolute atomic E-state index is 0.140. The topological polar surface area (TPSA) is 75.6 Å². The van der Waals surface area contributed by atoms with E-state index in [0.29, 0.717) is 0 Å². The van der Waals surface area contributed by atoms with Crippen molar-refractivity contribution < 1.29 is 28.2 Å². The lowest BCUT2D eigenvalue weighted by atomic mass is 10.1. The fourth-order valence-electron chi connectivity index (χ4n) is 1.58. The quantitative estimate of drug-likeness (QED) is 0.896. The molecule has 1 aromatic rings. The lowest BCUT2D eigenvalue weighted by Gasteiger charge is -2.22. The fraction of sp³-hybridized carbons (Fsp3) is 0.429. The Bertz CT molecular complexity index is 540. The van der Waals surface area contributed by atoms with Gasteiger partial charge < -0.3 is 15.2 Å². The van der Waals surface area contributed by atoms with Gasteiger partial charge in [0, 0.05) is 6.42 Å². The molecule has 21 heavy (non-hydrogen) atoms. The predicted octanol–water partition coefficient (Wildman–Crippen LogP) is 2.49. The van der Waals surface area contributed by atoms with Crippen LogP contribution in [0.25, 0.3) is 0 Å². The molecule has 0 saturated heterocycles. The number of benzene rings is 1. The van der Waals surface area contributed by atoms with Crippen molar-refractivity contribution in [1.29, 1.82) is 0 Å². The maximum Gasteiger partial charge on any atom is 0.408 e. The molecule has 116 valence electrons. The number of halogens is 2. The number of aliphatic carboxylic acids is 1. The standard InChI is InChI=1S/C14H17F2NO4/c1-14(2,3)21-13(20)17-10(12(18)19)7-8-5-4-6-9(15)11(8)16/h4-6,10H,7H2,1-3H3,(H,17,20)(H,18,19)/t10-/m0/s1. The van der Waals surface area contributed by atoms with Crippen molar-refractivity contribution >= 4 is 12.1 Å². The number of alkyl carbamates (subject to hydrolysis) is 1. The molecule has 1 aromatic carbocycles. The largest absolute Gasteiger partial charge is 0.480 e. The Labute approximate surface area is 120 Å². The molecule has 0 aromatic heterocycles. The molecule has 7 heteroatoms. The van der Waals surface area contributed by atoms with Crippen LogP contribution < -0.4 is 5.32 Å². The Morgan fingerprint density at radius 2 is 1.95 bits per heavy atom. The zero-order chi connectivity index (χ0) is 16.2. The molecular formula is C14H17F2NO4. The van der Waals surface area contributed by atoms with Crippen LogP contribution in [0.5, 0.6) is 0 Å². The van der Waals surface area contributed by atoms with Gasteiger partial charge in [0.05, 0.1) is 0 Å². The molecule has 0 radical (unpaired) electrons. The number of amides is 1. The van der Waals surface area contributed by atoms with Gasteiger partial charge in [0.2, 0.25) is 0 Å². The molecule has 2 N–H and O–H groups in total. The molecule has 1 amide bonds. The van der Waals surface area contributed by atoms with E-state index in [9.17, 15) is 18.4 Å². The van der Waals surface area contributed by atoms with E-state index in [4.69, 9.17) is 9.84 Å². The van der Waals surface area contributed by atoms with E-state index in [1.54, 1.807) is 20.8 Å². The van der Waals surface area contributed by atoms with Crippen molar-refractivity contribution in [2.75, 3.05) is 0 Å². The maximum atomic E-state index is 13.5. The SMILES string of the molecule is CC(C)(C)OC(=O)N[C@@H](Cc1cccc(F)c1F)C(=O)O. The van der Waals surface area contributed by atoms with Gasteiger partial charge in [-0.1, -0.05) is 12.1 Å². The molecule has 0 heterocycles. The molecule has 1 rings (SSSR count). The first-order valence-corrected chi connectivity index (χ1v) is 6.25. The van der Waals surface area contributed by atoms with Gasteiger partial charge in [-0.15, -0.1) is 0 Å². The first-order chi connectivity index (χ1) is 9.60. The summed E-state index contributed by atoms with van der Waals surface area (Å²) in [6, 6.07) is 2.03. The molecule has 0 aliphatic carbocycles. The first-order valence-electron chi connectivity index (χ1n) is 6.25. The van der Waals surface area contributed by atoms with Gasteiger partial charge in [-0.25, -0.2) is 18.4 Å². The summed E-state index contributed by atoms with van der Waals surface area (Å²) in [5.41, 5.74) is -0.935. The molecule has 0 spiro atoms. The molecule has 0 fully saturated rings. The van der Waals surface area contributed by atoms with Crippen LogP contribution in [0.15, 0.2) is 18.2 Å². The van der Waals surface area contributed by atoms with Crippen molar-refractivity contribution in [3.8, 4) is 0 Å². The van der Waals surface area contributed by atoms with Crippen LogP contribution >= 0.6 is 0 Å². The van der Waals surface area contributed by atoms with E-state index < -0.39 is 41.8 Å². The minimum atomic E-state index is -1.42. The Hall–Kier alpha value is -2.18. The van der Waals surface area contributed by atoms with E-state index in [1.807, 2.05) is 0 Å². The minimum Gasteiger partial charge on any atom is -0.480 e. The van der Waals surface area contributed by atoms with Crippen molar-refractivity contribution in [3.05, 3.63) is 35.4 Å². The number of carboxylic acid groups (broad SMARTS) is 1. The molecular weight excluding hydrogens is 284 g/mol. The van der Waals surface area contributed by atoms with E-state index in [1.165, 1.54) is 12.1 Å². The lowest BCUT2D eigenvalue weighted by molar-refractivity contribution is -0.139. The molecule has 1 atom stereocenters. The highest BCUT2D eigenvalue weighted by atomic mass is 19.2. The van der Waals surface area contributed by atoms with Gasteiger partial charge in [0.1, 0.15) is 11.6 Å². The smallest absolute Gasteiger partial charge is 0.408 e. The fourth-order valence-corrected chi connectivity index (χ4v) is 1.58. The Morgan fingerprint density at radius 3 is 2.48 bits per heavy atom. The number of carbonyl (C=O) groups excluding carboxylic acids is 1. The molecule has 0 aliphatic rings. The van der Waals surface area contributed by atoms with Gasteiger partial charge >= 0.3 is 12.1 Å². The van der Waals surface area contributed by atoms with Gasteiger partial charge in [-0.05, 0) is 32.4 Å². The summed E-state index contributed by atoms with van der Waals surface area (Å²) < 4.78 is 31.5. The van der Waals surface area contributed by atoms with Gasteiger partial charge in [0.15, 0.2) is 11.6 Å². The van der Waals surface area contributed by atoms with Crippen LogP contribution in [-0.4, -0.2) is 28.8 Å². The average molecular weight is 301 g/mol.